The van der Waals surface area contributed by atoms with Crippen LogP contribution in [0.1, 0.15) is 22.3 Å². The van der Waals surface area contributed by atoms with Crippen molar-refractivity contribution in [1.82, 2.24) is 9.13 Å². The molecule has 0 aliphatic rings. The molecule has 0 fully saturated rings. The van der Waals surface area contributed by atoms with Crippen LogP contribution in [0.3, 0.4) is 0 Å². The summed E-state index contributed by atoms with van der Waals surface area (Å²) < 4.78 is 170. The summed E-state index contributed by atoms with van der Waals surface area (Å²) in [6.07, 6.45) is -18.1. The Morgan fingerprint density at radius 3 is 0.800 bits per heavy atom. The molecular weight excluding hydrogens is 1530 g/mol. The Hall–Kier alpha value is -14.6. The van der Waals surface area contributed by atoms with Gasteiger partial charge in [-0.2, -0.15) is 52.7 Å². The Labute approximate surface area is 679 Å². The lowest BCUT2D eigenvalue weighted by Crippen LogP contribution is -2.11. The molecule has 0 amide bonds. The van der Waals surface area contributed by atoms with Crippen molar-refractivity contribution < 1.29 is 52.7 Å². The Morgan fingerprint density at radius 1 is 0.183 bits per heavy atom. The Morgan fingerprint density at radius 2 is 0.442 bits per heavy atom. The van der Waals surface area contributed by atoms with Gasteiger partial charge in [0.05, 0.1) is 50.0 Å². The summed E-state index contributed by atoms with van der Waals surface area (Å²) in [5.41, 5.74) is 13.2. The fraction of sp³-hybridized carbons (Fsp3) is 0.0385. The van der Waals surface area contributed by atoms with E-state index in [-0.39, 0.29) is 0 Å². The molecule has 0 N–H and O–H groups in total. The van der Waals surface area contributed by atoms with Crippen molar-refractivity contribution in [3.8, 4) is 55.9 Å². The van der Waals surface area contributed by atoms with Crippen molar-refractivity contribution in [2.24, 2.45) is 0 Å². The molecule has 18 aromatic carbocycles. The van der Waals surface area contributed by atoms with Crippen LogP contribution >= 0.6 is 0 Å². The predicted molar refractivity (Wildman–Crippen MR) is 463 cm³/mol. The van der Waals surface area contributed by atoms with Gasteiger partial charge in [0.1, 0.15) is 0 Å². The van der Waals surface area contributed by atoms with Crippen LogP contribution in [0.25, 0.3) is 143 Å². The zero-order chi connectivity index (χ0) is 82.3. The second-order valence-corrected chi connectivity index (χ2v) is 29.4. The molecule has 0 radical (unpaired) electrons. The van der Waals surface area contributed by atoms with Crippen molar-refractivity contribution in [3.63, 3.8) is 0 Å². The number of halogens is 12. The van der Waals surface area contributed by atoms with E-state index in [4.69, 9.17) is 0 Å². The number of alkyl halides is 12. The molecule has 0 bridgehead atoms. The van der Waals surface area contributed by atoms with Crippen molar-refractivity contribution in [2.75, 3.05) is 9.80 Å². The number of para-hydroxylation sites is 6. The zero-order valence-corrected chi connectivity index (χ0v) is 63.3. The number of nitrogens with zero attached hydrogens (tertiary/aromatic N) is 4. The average Bonchev–Trinajstić information content (AvgIpc) is 1.11. The summed E-state index contributed by atoms with van der Waals surface area (Å²) in [7, 11) is 0. The number of hydrogen-bond donors (Lipinski definition) is 0. The normalized spacial score (nSPS) is 12.2. The third-order valence-corrected chi connectivity index (χ3v) is 22.5. The lowest BCUT2D eigenvalue weighted by molar-refractivity contribution is -0.138. The molecule has 20 rings (SSSR count). The molecule has 0 spiro atoms. The van der Waals surface area contributed by atoms with Crippen molar-refractivity contribution in [3.05, 3.63) is 411 Å². The molecule has 2 aromatic heterocycles. The molecule has 584 valence electrons. The van der Waals surface area contributed by atoms with Gasteiger partial charge in [-0.1, -0.05) is 224 Å². The van der Waals surface area contributed by atoms with E-state index in [1.807, 2.05) is 194 Å². The highest BCUT2D eigenvalue weighted by Crippen LogP contribution is 2.53. The summed E-state index contributed by atoms with van der Waals surface area (Å²) in [6.45, 7) is 0. The summed E-state index contributed by atoms with van der Waals surface area (Å²) in [6, 6.07) is 117. The van der Waals surface area contributed by atoms with Crippen LogP contribution in [0.15, 0.2) is 388 Å². The standard InChI is InChI=1S/2C52H32F6N2/c53-51(54,55)35-25-21-33(22-26-35)48-42-15-4-5-16-43(42)49(34-23-27-36(28-24-34)52(56,57)58)50-44(48)17-10-20-47(50)59(37-11-2-1-3-12-37)38-29-31-39(32-30-38)60-45-18-8-6-13-40(45)41-14-7-9-19-46(41)60;53-51(54,55)35-22-18-33(19-23-35)49-43-14-4-5-15-44(43)50(34-20-24-36(25-21-34)52(56,57)58)46-32-40(30-31-45(46)49)59(37-10-2-1-3-11-37)38-26-28-39(29-27-38)60-47-16-8-6-12-41(47)42-13-7-9-17-48(42)60/h2*1-32H. The third-order valence-electron chi connectivity index (χ3n) is 22.5. The van der Waals surface area contributed by atoms with E-state index in [1.54, 1.807) is 0 Å². The van der Waals surface area contributed by atoms with Gasteiger partial charge in [-0.15, -0.1) is 0 Å². The van der Waals surface area contributed by atoms with Crippen LogP contribution in [-0.4, -0.2) is 9.13 Å². The van der Waals surface area contributed by atoms with Gasteiger partial charge in [-0.05, 0) is 246 Å². The van der Waals surface area contributed by atoms with Gasteiger partial charge >= 0.3 is 24.7 Å². The fourth-order valence-electron chi connectivity index (χ4n) is 17.2. The lowest BCUT2D eigenvalue weighted by atomic mass is 9.84. The molecule has 0 saturated carbocycles. The van der Waals surface area contributed by atoms with Gasteiger partial charge in [0, 0.05) is 66.7 Å². The van der Waals surface area contributed by atoms with E-state index in [9.17, 15) is 52.7 Å². The molecular formula is C104H64F12N4. The van der Waals surface area contributed by atoms with E-state index in [0.717, 1.165) is 186 Å². The maximum absolute atomic E-state index is 13.9. The van der Waals surface area contributed by atoms with E-state index in [0.29, 0.717) is 38.9 Å². The third kappa shape index (κ3) is 13.6. The lowest BCUT2D eigenvalue weighted by Gasteiger charge is -2.29. The van der Waals surface area contributed by atoms with Crippen LogP contribution < -0.4 is 9.80 Å². The van der Waals surface area contributed by atoms with Crippen LogP contribution in [0.2, 0.25) is 0 Å². The summed E-state index contributed by atoms with van der Waals surface area (Å²) in [5.74, 6) is 0. The van der Waals surface area contributed by atoms with Gasteiger partial charge in [-0.3, -0.25) is 0 Å². The summed E-state index contributed by atoms with van der Waals surface area (Å²) in [5, 5.41) is 10.5. The van der Waals surface area contributed by atoms with Gasteiger partial charge < -0.3 is 18.9 Å². The van der Waals surface area contributed by atoms with Crippen LogP contribution in [0.5, 0.6) is 0 Å². The van der Waals surface area contributed by atoms with Crippen molar-refractivity contribution >= 4 is 121 Å². The van der Waals surface area contributed by atoms with Crippen LogP contribution in [-0.2, 0) is 24.7 Å². The maximum Gasteiger partial charge on any atom is 0.416 e. The Balaban J connectivity index is 0.000000159. The first kappa shape index (κ1) is 75.4. The fourth-order valence-corrected chi connectivity index (χ4v) is 17.2. The average molecular weight is 1600 g/mol. The topological polar surface area (TPSA) is 16.3 Å². The number of anilines is 6. The highest BCUT2D eigenvalue weighted by atomic mass is 19.4. The molecule has 120 heavy (non-hydrogen) atoms. The quantitative estimate of drug-likeness (QED) is 0.0895. The first-order chi connectivity index (χ1) is 58.1. The van der Waals surface area contributed by atoms with E-state index >= 15 is 0 Å². The second-order valence-electron chi connectivity index (χ2n) is 29.4. The minimum atomic E-state index is -4.53. The number of aromatic nitrogens is 2. The van der Waals surface area contributed by atoms with E-state index in [1.165, 1.54) is 48.5 Å². The van der Waals surface area contributed by atoms with Gasteiger partial charge in [0.25, 0.3) is 0 Å². The first-order valence-electron chi connectivity index (χ1n) is 38.6. The van der Waals surface area contributed by atoms with Crippen molar-refractivity contribution in [1.29, 1.82) is 0 Å². The molecule has 0 atom stereocenters. The molecule has 0 aliphatic carbocycles. The minimum absolute atomic E-state index is 0.561. The molecule has 0 saturated heterocycles. The number of hydrogen-bond acceptors (Lipinski definition) is 2. The monoisotopic (exact) mass is 1600 g/mol. The maximum atomic E-state index is 13.9. The molecule has 20 aromatic rings. The predicted octanol–water partition coefficient (Wildman–Crippen LogP) is 31.9. The zero-order valence-electron chi connectivity index (χ0n) is 63.3. The van der Waals surface area contributed by atoms with E-state index < -0.39 is 47.0 Å². The van der Waals surface area contributed by atoms with Gasteiger partial charge in [0.15, 0.2) is 0 Å². The first-order valence-corrected chi connectivity index (χ1v) is 38.6. The summed E-state index contributed by atoms with van der Waals surface area (Å²) in [4.78, 5) is 4.25. The summed E-state index contributed by atoms with van der Waals surface area (Å²) >= 11 is 0. The van der Waals surface area contributed by atoms with Crippen LogP contribution in [0.4, 0.5) is 86.8 Å². The largest absolute Gasteiger partial charge is 0.416 e. The second kappa shape index (κ2) is 29.8. The van der Waals surface area contributed by atoms with Gasteiger partial charge in [-0.25, -0.2) is 0 Å². The number of rotatable bonds is 12. The molecule has 16 heteroatoms. The Bertz CT molecular complexity index is 7100. The number of fused-ring (bicyclic) bond motifs is 10. The Kier molecular flexibility index (Phi) is 18.7. The highest BCUT2D eigenvalue weighted by Gasteiger charge is 2.35. The molecule has 2 heterocycles. The van der Waals surface area contributed by atoms with Gasteiger partial charge in [0.2, 0.25) is 0 Å². The van der Waals surface area contributed by atoms with E-state index in [2.05, 4.69) is 116 Å². The van der Waals surface area contributed by atoms with Crippen molar-refractivity contribution in [2.45, 2.75) is 24.7 Å². The highest BCUT2D eigenvalue weighted by molar-refractivity contribution is 6.26. The molecule has 0 unspecified atom stereocenters. The number of benzene rings is 18. The molecule has 0 aliphatic heterocycles. The minimum Gasteiger partial charge on any atom is -0.310 e. The van der Waals surface area contributed by atoms with Crippen LogP contribution in [0, 0.1) is 0 Å². The molecule has 4 nitrogen and oxygen atoms in total. The SMILES string of the molecule is FC(F)(F)c1ccc(-c2c3ccccc3c(-c3ccc(C(F)(F)F)cc3)c3c(N(c4ccccc4)c4ccc(-n5c6ccccc6c6ccccc65)cc4)cccc23)cc1.FC(F)(F)c1ccc(-c2c3ccccc3c(-c3ccc(C(F)(F)F)cc3)c3cc(N(c4ccccc4)c4ccc(-n5c6ccccc6c6ccccc65)cc4)ccc23)cc1. The smallest absolute Gasteiger partial charge is 0.310 e.